The molecule has 0 radical (unpaired) electrons. The van der Waals surface area contributed by atoms with Crippen LogP contribution in [0.4, 0.5) is 4.39 Å². The van der Waals surface area contributed by atoms with Crippen molar-refractivity contribution in [3.8, 4) is 0 Å². The van der Waals surface area contributed by atoms with Gasteiger partial charge in [-0.15, -0.1) is 0 Å². The van der Waals surface area contributed by atoms with Crippen LogP contribution in [0, 0.1) is 5.82 Å². The Hall–Kier alpha value is -2.01. The third kappa shape index (κ3) is 3.99. The van der Waals surface area contributed by atoms with Gasteiger partial charge in [-0.2, -0.15) is 0 Å². The van der Waals surface area contributed by atoms with E-state index in [0.29, 0.717) is 17.9 Å². The summed E-state index contributed by atoms with van der Waals surface area (Å²) in [5, 5.41) is 2.66. The predicted molar refractivity (Wildman–Crippen MR) is 76.5 cm³/mol. The molecule has 0 spiro atoms. The summed E-state index contributed by atoms with van der Waals surface area (Å²) in [6.07, 6.45) is 0. The lowest BCUT2D eigenvalue weighted by Gasteiger charge is -2.05. The van der Waals surface area contributed by atoms with E-state index in [1.165, 1.54) is 24.3 Å². The fourth-order valence-corrected chi connectivity index (χ4v) is 2.63. The maximum Gasteiger partial charge on any atom is 0.251 e. The summed E-state index contributed by atoms with van der Waals surface area (Å²) in [5.74, 6) is -0.335. The molecule has 104 valence electrons. The Kier molecular flexibility index (Phi) is 5.01. The second kappa shape index (κ2) is 6.96. The first kappa shape index (κ1) is 14.4. The molecule has 0 bridgehead atoms. The average Bonchev–Trinajstić information content (AvgIpc) is 2.48. The molecule has 2 aromatic carbocycles. The number of hydrogen-bond donors (Lipinski definition) is 1. The number of nitrogens with one attached hydrogen (secondary N) is 1. The first-order valence-electron chi connectivity index (χ1n) is 6.14. The Morgan fingerprint density at radius 3 is 2.35 bits per heavy atom. The van der Waals surface area contributed by atoms with E-state index >= 15 is 0 Å². The lowest BCUT2D eigenvalue weighted by atomic mass is 10.2. The van der Waals surface area contributed by atoms with Crippen LogP contribution in [0.15, 0.2) is 59.5 Å². The molecule has 0 heterocycles. The van der Waals surface area contributed by atoms with Gasteiger partial charge in [0.05, 0.1) is 10.8 Å². The van der Waals surface area contributed by atoms with Crippen LogP contribution in [-0.2, 0) is 10.8 Å². The highest BCUT2D eigenvalue weighted by atomic mass is 32.2. The Morgan fingerprint density at radius 2 is 1.70 bits per heavy atom. The summed E-state index contributed by atoms with van der Waals surface area (Å²) >= 11 is 0. The molecule has 0 saturated heterocycles. The van der Waals surface area contributed by atoms with Gasteiger partial charge >= 0.3 is 0 Å². The van der Waals surface area contributed by atoms with Crippen LogP contribution in [-0.4, -0.2) is 22.4 Å². The Morgan fingerprint density at radius 1 is 1.05 bits per heavy atom. The van der Waals surface area contributed by atoms with Crippen molar-refractivity contribution in [2.45, 2.75) is 4.90 Å². The van der Waals surface area contributed by atoms with Crippen molar-refractivity contribution < 1.29 is 13.4 Å². The van der Waals surface area contributed by atoms with Crippen LogP contribution < -0.4 is 5.32 Å². The molecule has 0 unspecified atom stereocenters. The fraction of sp³-hybridized carbons (Fsp3) is 0.133. The van der Waals surface area contributed by atoms with Crippen LogP contribution in [0.1, 0.15) is 10.4 Å². The Balaban J connectivity index is 1.83. The minimum absolute atomic E-state index is 0.296. The molecule has 20 heavy (non-hydrogen) atoms. The lowest BCUT2D eigenvalue weighted by molar-refractivity contribution is 0.0956. The normalized spacial score (nSPS) is 11.8. The second-order valence-electron chi connectivity index (χ2n) is 4.13. The van der Waals surface area contributed by atoms with Gasteiger partial charge in [-0.3, -0.25) is 9.00 Å². The molecule has 1 atom stereocenters. The number of halogens is 1. The van der Waals surface area contributed by atoms with Gasteiger partial charge in [0, 0.05) is 22.8 Å². The van der Waals surface area contributed by atoms with Gasteiger partial charge in [0.25, 0.3) is 5.91 Å². The Bertz CT molecular complexity index is 599. The van der Waals surface area contributed by atoms with E-state index in [1.54, 1.807) is 12.1 Å². The Labute approximate surface area is 119 Å². The first-order valence-corrected chi connectivity index (χ1v) is 7.46. The SMILES string of the molecule is O=C(NCC[S@](=O)c1ccccc1)c1ccc(F)cc1. The molecule has 5 heteroatoms. The zero-order valence-corrected chi connectivity index (χ0v) is 11.5. The predicted octanol–water partition coefficient (Wildman–Crippen LogP) is 2.36. The second-order valence-corrected chi connectivity index (χ2v) is 5.70. The van der Waals surface area contributed by atoms with Gasteiger partial charge in [0.2, 0.25) is 0 Å². The third-order valence-electron chi connectivity index (χ3n) is 2.69. The maximum absolute atomic E-state index is 12.7. The van der Waals surface area contributed by atoms with Crippen molar-refractivity contribution in [1.82, 2.24) is 5.32 Å². The highest BCUT2D eigenvalue weighted by Gasteiger charge is 2.07. The first-order chi connectivity index (χ1) is 9.66. The van der Waals surface area contributed by atoms with E-state index in [1.807, 2.05) is 18.2 Å². The molecule has 0 saturated carbocycles. The van der Waals surface area contributed by atoms with Gasteiger partial charge in [-0.05, 0) is 36.4 Å². The summed E-state index contributed by atoms with van der Waals surface area (Å²) in [4.78, 5) is 12.5. The smallest absolute Gasteiger partial charge is 0.251 e. The van der Waals surface area contributed by atoms with Gasteiger partial charge in [0.1, 0.15) is 5.82 Å². The summed E-state index contributed by atoms with van der Waals surface area (Å²) in [5.41, 5.74) is 0.386. The molecule has 3 nitrogen and oxygen atoms in total. The van der Waals surface area contributed by atoms with E-state index in [0.717, 1.165) is 4.90 Å². The summed E-state index contributed by atoms with van der Waals surface area (Å²) in [6, 6.07) is 14.4. The van der Waals surface area contributed by atoms with Crippen molar-refractivity contribution in [1.29, 1.82) is 0 Å². The van der Waals surface area contributed by atoms with Crippen LogP contribution >= 0.6 is 0 Å². The van der Waals surface area contributed by atoms with Crippen molar-refractivity contribution in [3.63, 3.8) is 0 Å². The number of amides is 1. The number of carbonyl (C=O) groups excluding carboxylic acids is 1. The molecule has 2 rings (SSSR count). The third-order valence-corrected chi connectivity index (χ3v) is 4.06. The van der Waals surface area contributed by atoms with E-state index in [-0.39, 0.29) is 11.7 Å². The molecule has 0 aliphatic heterocycles. The molecule has 2 aromatic rings. The quantitative estimate of drug-likeness (QED) is 0.919. The van der Waals surface area contributed by atoms with E-state index in [4.69, 9.17) is 0 Å². The average molecular weight is 291 g/mol. The van der Waals surface area contributed by atoms with Crippen molar-refractivity contribution in [3.05, 3.63) is 66.0 Å². The highest BCUT2D eigenvalue weighted by molar-refractivity contribution is 7.85. The molecule has 0 aliphatic rings. The fourth-order valence-electron chi connectivity index (χ4n) is 1.65. The van der Waals surface area contributed by atoms with Crippen LogP contribution in [0.5, 0.6) is 0 Å². The minimum Gasteiger partial charge on any atom is -0.351 e. The van der Waals surface area contributed by atoms with Gasteiger partial charge < -0.3 is 5.32 Å². The van der Waals surface area contributed by atoms with E-state index in [9.17, 15) is 13.4 Å². The number of hydrogen-bond acceptors (Lipinski definition) is 2. The van der Waals surface area contributed by atoms with Crippen molar-refractivity contribution in [2.75, 3.05) is 12.3 Å². The summed E-state index contributed by atoms with van der Waals surface area (Å²) < 4.78 is 24.6. The largest absolute Gasteiger partial charge is 0.351 e. The summed E-state index contributed by atoms with van der Waals surface area (Å²) in [7, 11) is -1.13. The highest BCUT2D eigenvalue weighted by Crippen LogP contribution is 2.05. The zero-order valence-electron chi connectivity index (χ0n) is 10.7. The van der Waals surface area contributed by atoms with E-state index in [2.05, 4.69) is 5.32 Å². The molecule has 1 N–H and O–H groups in total. The van der Waals surface area contributed by atoms with Crippen molar-refractivity contribution in [2.24, 2.45) is 0 Å². The number of rotatable bonds is 5. The van der Waals surface area contributed by atoms with Gasteiger partial charge in [-0.1, -0.05) is 18.2 Å². The monoisotopic (exact) mass is 291 g/mol. The van der Waals surface area contributed by atoms with Crippen LogP contribution in [0.25, 0.3) is 0 Å². The molecular weight excluding hydrogens is 277 g/mol. The standard InChI is InChI=1S/C15H14FNO2S/c16-13-8-6-12(7-9-13)15(18)17-10-11-20(19)14-4-2-1-3-5-14/h1-9H,10-11H2,(H,17,18)/t20-/m0/s1. The lowest BCUT2D eigenvalue weighted by Crippen LogP contribution is -2.27. The van der Waals surface area contributed by atoms with Crippen LogP contribution in [0.3, 0.4) is 0 Å². The zero-order chi connectivity index (χ0) is 14.4. The molecule has 0 fully saturated rings. The van der Waals surface area contributed by atoms with Gasteiger partial charge in [-0.25, -0.2) is 4.39 Å². The topological polar surface area (TPSA) is 46.2 Å². The minimum atomic E-state index is -1.13. The number of benzene rings is 2. The molecule has 1 amide bonds. The van der Waals surface area contributed by atoms with Crippen LogP contribution in [0.2, 0.25) is 0 Å². The van der Waals surface area contributed by atoms with E-state index < -0.39 is 10.8 Å². The summed E-state index contributed by atoms with van der Waals surface area (Å²) in [6.45, 7) is 0.303. The molecular formula is C15H14FNO2S. The molecule has 0 aliphatic carbocycles. The maximum atomic E-state index is 12.7. The number of carbonyl (C=O) groups is 1. The molecule has 0 aromatic heterocycles. The van der Waals surface area contributed by atoms with Gasteiger partial charge in [0.15, 0.2) is 0 Å². The van der Waals surface area contributed by atoms with Crippen molar-refractivity contribution >= 4 is 16.7 Å².